The topological polar surface area (TPSA) is 109 Å². The lowest BCUT2D eigenvalue weighted by Gasteiger charge is -2.35. The molecule has 0 bridgehead atoms. The summed E-state index contributed by atoms with van der Waals surface area (Å²) in [7, 11) is 0. The Morgan fingerprint density at radius 3 is 2.53 bits per heavy atom. The van der Waals surface area contributed by atoms with Gasteiger partial charge in [0.15, 0.2) is 0 Å². The molecule has 2 aliphatic rings. The van der Waals surface area contributed by atoms with Crippen molar-refractivity contribution < 1.29 is 34.0 Å². The number of carbonyl (C=O) groups is 2. The van der Waals surface area contributed by atoms with Crippen molar-refractivity contribution in [3.63, 3.8) is 0 Å². The Balaban J connectivity index is 0.00000352. The van der Waals surface area contributed by atoms with Crippen LogP contribution >= 0.6 is 0 Å². The second-order valence-corrected chi connectivity index (χ2v) is 8.55. The molecule has 0 aliphatic carbocycles. The highest BCUT2D eigenvalue weighted by Gasteiger charge is 2.31. The number of rotatable bonds is 12. The molecule has 2 fully saturated rings. The molecule has 9 nitrogen and oxygen atoms in total. The average molecular weight is 533 g/mol. The van der Waals surface area contributed by atoms with Gasteiger partial charge in [0.1, 0.15) is 18.9 Å². The zero-order valence-corrected chi connectivity index (χ0v) is 23.0. The molecule has 212 valence electrons. The Labute approximate surface area is 227 Å². The van der Waals surface area contributed by atoms with E-state index >= 15 is 0 Å². The first-order valence-electron chi connectivity index (χ1n) is 13.0. The van der Waals surface area contributed by atoms with E-state index in [1.807, 2.05) is 20.8 Å². The molecule has 0 radical (unpaired) electrons. The molecule has 3 unspecified atom stereocenters. The second kappa shape index (κ2) is 18.2. The van der Waals surface area contributed by atoms with Gasteiger partial charge < -0.3 is 29.3 Å². The molecular formula is C29H44N2O7. The van der Waals surface area contributed by atoms with Crippen molar-refractivity contribution in [3.8, 4) is 0 Å². The van der Waals surface area contributed by atoms with E-state index in [2.05, 4.69) is 19.7 Å². The lowest BCUT2D eigenvalue weighted by atomic mass is 10.1. The van der Waals surface area contributed by atoms with Crippen LogP contribution in [0.1, 0.15) is 40.0 Å². The van der Waals surface area contributed by atoms with Crippen LogP contribution in [0.3, 0.4) is 0 Å². The minimum Gasteiger partial charge on any atom is -0.464 e. The summed E-state index contributed by atoms with van der Waals surface area (Å²) in [5.41, 5.74) is 1.51. The van der Waals surface area contributed by atoms with Crippen LogP contribution in [0.5, 0.6) is 0 Å². The number of amides is 2. The van der Waals surface area contributed by atoms with Gasteiger partial charge >= 0.3 is 6.09 Å². The summed E-state index contributed by atoms with van der Waals surface area (Å²) in [6.07, 6.45) is 8.99. The second-order valence-electron chi connectivity index (χ2n) is 8.55. The van der Waals surface area contributed by atoms with Crippen molar-refractivity contribution in [2.45, 2.75) is 58.5 Å². The number of allylic oxidation sites excluding steroid dienone is 5. The van der Waals surface area contributed by atoms with Gasteiger partial charge in [-0.15, -0.1) is 6.58 Å². The first kappa shape index (κ1) is 32.9. The molecule has 0 aromatic rings. The lowest BCUT2D eigenvalue weighted by Crippen LogP contribution is -2.52. The smallest absolute Gasteiger partial charge is 0.410 e. The minimum absolute atomic E-state index is 0.0961. The van der Waals surface area contributed by atoms with Crippen molar-refractivity contribution in [3.05, 3.63) is 73.1 Å². The van der Waals surface area contributed by atoms with E-state index in [1.54, 1.807) is 41.4 Å². The van der Waals surface area contributed by atoms with Crippen molar-refractivity contribution >= 4 is 12.0 Å². The molecule has 2 rings (SSSR count). The van der Waals surface area contributed by atoms with Crippen molar-refractivity contribution in [2.75, 3.05) is 39.4 Å². The van der Waals surface area contributed by atoms with Crippen molar-refractivity contribution in [1.82, 2.24) is 9.80 Å². The van der Waals surface area contributed by atoms with Gasteiger partial charge in [-0.1, -0.05) is 57.4 Å². The summed E-state index contributed by atoms with van der Waals surface area (Å²) < 4.78 is 17.1. The van der Waals surface area contributed by atoms with Gasteiger partial charge in [-0.3, -0.25) is 9.69 Å². The summed E-state index contributed by atoms with van der Waals surface area (Å²) in [6, 6.07) is 0. The molecule has 0 aromatic carbocycles. The molecule has 2 aliphatic heterocycles. The Morgan fingerprint density at radius 1 is 1.21 bits per heavy atom. The van der Waals surface area contributed by atoms with Crippen LogP contribution in [0.2, 0.25) is 0 Å². The molecule has 38 heavy (non-hydrogen) atoms. The first-order valence-corrected chi connectivity index (χ1v) is 13.0. The Morgan fingerprint density at radius 2 is 1.95 bits per heavy atom. The van der Waals surface area contributed by atoms with Crippen molar-refractivity contribution in [1.29, 1.82) is 0 Å². The van der Waals surface area contributed by atoms with Crippen LogP contribution in [0.4, 0.5) is 4.79 Å². The van der Waals surface area contributed by atoms with E-state index in [4.69, 9.17) is 14.2 Å². The number of aliphatic hydroxyl groups is 2. The third kappa shape index (κ3) is 10.7. The van der Waals surface area contributed by atoms with E-state index in [-0.39, 0.29) is 38.6 Å². The van der Waals surface area contributed by atoms with E-state index < -0.39 is 24.6 Å². The van der Waals surface area contributed by atoms with Crippen LogP contribution in [-0.2, 0) is 19.0 Å². The Kier molecular flexibility index (Phi) is 15.7. The number of hydrogen-bond acceptors (Lipinski definition) is 7. The lowest BCUT2D eigenvalue weighted by molar-refractivity contribution is -0.204. The molecule has 2 heterocycles. The third-order valence-electron chi connectivity index (χ3n) is 5.77. The zero-order chi connectivity index (χ0) is 28.5. The molecule has 2 amide bonds. The number of carbonyl (C=O) groups excluding carboxylic acids is 2. The number of nitrogens with zero attached hydrogens (tertiary/aromatic N) is 2. The van der Waals surface area contributed by atoms with E-state index in [0.717, 1.165) is 5.57 Å². The van der Waals surface area contributed by atoms with Gasteiger partial charge in [0.2, 0.25) is 12.2 Å². The SMILES string of the molecule is C=C/C=C(\CC=C)COC(=O)N1CCN(C/C(C=C)=C(/C=C\C)OC2CC(O)CC(CO)O2)C(=O)C1.CC. The number of hydrogen-bond donors (Lipinski definition) is 2. The maximum atomic E-state index is 12.8. The van der Waals surface area contributed by atoms with Crippen molar-refractivity contribution in [2.24, 2.45) is 0 Å². The largest absolute Gasteiger partial charge is 0.464 e. The van der Waals surface area contributed by atoms with Gasteiger partial charge in [0.05, 0.1) is 18.8 Å². The highest BCUT2D eigenvalue weighted by Crippen LogP contribution is 2.24. The maximum Gasteiger partial charge on any atom is 0.410 e. The predicted octanol–water partition coefficient (Wildman–Crippen LogP) is 3.87. The van der Waals surface area contributed by atoms with Crippen LogP contribution in [0.15, 0.2) is 73.1 Å². The molecule has 2 N–H and O–H groups in total. The molecule has 9 heteroatoms. The zero-order valence-electron chi connectivity index (χ0n) is 23.0. The summed E-state index contributed by atoms with van der Waals surface area (Å²) in [5, 5.41) is 19.5. The average Bonchev–Trinajstić information content (AvgIpc) is 2.91. The fraction of sp³-hybridized carbons (Fsp3) is 0.517. The number of aliphatic hydroxyl groups excluding tert-OH is 2. The van der Waals surface area contributed by atoms with E-state index in [1.165, 1.54) is 4.90 Å². The molecule has 0 saturated carbocycles. The quantitative estimate of drug-likeness (QED) is 0.223. The van der Waals surface area contributed by atoms with Crippen LogP contribution < -0.4 is 0 Å². The number of piperazine rings is 1. The molecule has 0 aromatic heterocycles. The summed E-state index contributed by atoms with van der Waals surface area (Å²) >= 11 is 0. The van der Waals surface area contributed by atoms with E-state index in [9.17, 15) is 19.8 Å². The molecule has 2 saturated heterocycles. The van der Waals surface area contributed by atoms with Crippen LogP contribution in [0, 0.1) is 0 Å². The first-order chi connectivity index (χ1) is 18.3. The molecule has 0 spiro atoms. The highest BCUT2D eigenvalue weighted by molar-refractivity contribution is 5.83. The van der Waals surface area contributed by atoms with Gasteiger partial charge in [0, 0.05) is 38.0 Å². The summed E-state index contributed by atoms with van der Waals surface area (Å²) in [4.78, 5) is 28.3. The minimum atomic E-state index is -0.740. The summed E-state index contributed by atoms with van der Waals surface area (Å²) in [5.74, 6) is 0.233. The summed E-state index contributed by atoms with van der Waals surface area (Å²) in [6.45, 7) is 17.7. The van der Waals surface area contributed by atoms with E-state index in [0.29, 0.717) is 37.3 Å². The van der Waals surface area contributed by atoms with Gasteiger partial charge in [-0.2, -0.15) is 0 Å². The van der Waals surface area contributed by atoms with Gasteiger partial charge in [-0.25, -0.2) is 4.79 Å². The van der Waals surface area contributed by atoms with Crippen LogP contribution in [0.25, 0.3) is 0 Å². The third-order valence-corrected chi connectivity index (χ3v) is 5.77. The Bertz CT molecular complexity index is 893. The predicted molar refractivity (Wildman–Crippen MR) is 148 cm³/mol. The molecule has 3 atom stereocenters. The standard InChI is InChI=1S/C27H38N2O7.C2H6/c1-5-9-20(10-6-2)19-34-27(33)29-13-12-28(25(32)17-29)16-21(8-4)24(11-7-3)36-26-15-22(31)14-23(18-30)35-26;1-2/h5-9,11,22-23,26,30-31H,1-2,4,10,12-19H2,3H3;1-2H3/b11-7-,20-9+,24-21-;. The highest BCUT2D eigenvalue weighted by atomic mass is 16.7. The maximum absolute atomic E-state index is 12.8. The number of ether oxygens (including phenoxy) is 3. The monoisotopic (exact) mass is 532 g/mol. The fourth-order valence-corrected chi connectivity index (χ4v) is 3.91. The fourth-order valence-electron chi connectivity index (χ4n) is 3.91. The molecular weight excluding hydrogens is 488 g/mol. The van der Waals surface area contributed by atoms with Crippen LogP contribution in [-0.4, -0.2) is 89.9 Å². The Hall–Kier alpha value is -3.14. The van der Waals surface area contributed by atoms with Gasteiger partial charge in [-0.05, 0) is 25.0 Å². The normalized spacial score (nSPS) is 22.7. The van der Waals surface area contributed by atoms with Gasteiger partial charge in [0.25, 0.3) is 0 Å².